The second-order valence-electron chi connectivity index (χ2n) is 5.59. The lowest BCUT2D eigenvalue weighted by Gasteiger charge is -2.14. The van der Waals surface area contributed by atoms with Gasteiger partial charge in [0.15, 0.2) is 0 Å². The van der Waals surface area contributed by atoms with Crippen LogP contribution in [0.3, 0.4) is 0 Å². The topological polar surface area (TPSA) is 108 Å². The molecule has 2 rings (SSSR count). The Labute approximate surface area is 165 Å². The Morgan fingerprint density at radius 3 is 2.59 bits per heavy atom. The highest BCUT2D eigenvalue weighted by Crippen LogP contribution is 2.21. The summed E-state index contributed by atoms with van der Waals surface area (Å²) in [5.74, 6) is -1.42. The first-order chi connectivity index (χ1) is 12.8. The van der Waals surface area contributed by atoms with E-state index in [2.05, 4.69) is 22.5 Å². The van der Waals surface area contributed by atoms with Gasteiger partial charge in [0.05, 0.1) is 28.0 Å². The number of carbonyl (C=O) groups is 3. The zero-order valence-electron chi connectivity index (χ0n) is 14.4. The van der Waals surface area contributed by atoms with Gasteiger partial charge in [0, 0.05) is 5.69 Å². The van der Waals surface area contributed by atoms with Crippen LogP contribution < -0.4 is 16.0 Å². The molecule has 1 heterocycles. The maximum Gasteiger partial charge on any atom is 0.261 e. The fourth-order valence-corrected chi connectivity index (χ4v) is 2.90. The molecule has 0 spiro atoms. The largest absolute Gasteiger partial charge is 0.511 e. The first-order valence-corrected chi connectivity index (χ1v) is 9.13. The summed E-state index contributed by atoms with van der Waals surface area (Å²) in [5.41, 5.74) is 0.570. The van der Waals surface area contributed by atoms with Crippen LogP contribution in [0.15, 0.2) is 48.0 Å². The van der Waals surface area contributed by atoms with Crippen LogP contribution in [0.2, 0.25) is 5.02 Å². The van der Waals surface area contributed by atoms with Crippen LogP contribution in [0.25, 0.3) is 0 Å². The van der Waals surface area contributed by atoms with Crippen molar-refractivity contribution in [3.05, 3.63) is 63.5 Å². The minimum atomic E-state index is -0.625. The van der Waals surface area contributed by atoms with Crippen molar-refractivity contribution >= 4 is 46.3 Å². The number of hydrogen-bond donors (Lipinski definition) is 4. The fraction of sp³-hybridized carbons (Fsp3) is 0.167. The Morgan fingerprint density at radius 2 is 2.00 bits per heavy atom. The molecule has 27 heavy (non-hydrogen) atoms. The number of rotatable bonds is 7. The van der Waals surface area contributed by atoms with Gasteiger partial charge >= 0.3 is 0 Å². The summed E-state index contributed by atoms with van der Waals surface area (Å²) in [4.78, 5) is 36.4. The minimum absolute atomic E-state index is 0.128. The van der Waals surface area contributed by atoms with E-state index in [1.807, 2.05) is 0 Å². The van der Waals surface area contributed by atoms with Crippen LogP contribution in [0, 0.1) is 0 Å². The van der Waals surface area contributed by atoms with Gasteiger partial charge in [-0.25, -0.2) is 0 Å². The fourth-order valence-electron chi connectivity index (χ4n) is 2.00. The summed E-state index contributed by atoms with van der Waals surface area (Å²) in [5, 5.41) is 18.8. The molecule has 1 aromatic heterocycles. The smallest absolute Gasteiger partial charge is 0.261 e. The second-order valence-corrected chi connectivity index (χ2v) is 6.94. The standard InChI is InChI=1S/C18H18ClN3O4S/c1-10(11(2)23)21-17(25)13-6-5-12(8-14(13)19)22-16(24)9-20-18(26)15-4-3-7-27-15/h3-8,10,23H,2,9H2,1H3,(H,20,26)(H,21,25)(H,22,24)/t10-/m0/s1. The lowest BCUT2D eigenvalue weighted by molar-refractivity contribution is -0.115. The number of aliphatic hydroxyl groups excluding tert-OH is 1. The number of thiophene rings is 1. The van der Waals surface area contributed by atoms with Crippen molar-refractivity contribution in [3.63, 3.8) is 0 Å². The van der Waals surface area contributed by atoms with Crippen molar-refractivity contribution in [1.29, 1.82) is 0 Å². The van der Waals surface area contributed by atoms with Crippen molar-refractivity contribution in [2.24, 2.45) is 0 Å². The van der Waals surface area contributed by atoms with E-state index in [0.717, 1.165) is 0 Å². The predicted molar refractivity (Wildman–Crippen MR) is 105 cm³/mol. The van der Waals surface area contributed by atoms with Crippen molar-refractivity contribution in [1.82, 2.24) is 10.6 Å². The molecule has 0 fully saturated rings. The highest BCUT2D eigenvalue weighted by atomic mass is 35.5. The molecule has 1 atom stereocenters. The van der Waals surface area contributed by atoms with E-state index in [0.29, 0.717) is 10.6 Å². The molecular weight excluding hydrogens is 390 g/mol. The minimum Gasteiger partial charge on any atom is -0.511 e. The van der Waals surface area contributed by atoms with E-state index in [1.165, 1.54) is 29.5 Å². The predicted octanol–water partition coefficient (Wildman–Crippen LogP) is 2.96. The molecule has 0 aliphatic heterocycles. The molecule has 0 aliphatic carbocycles. The average molecular weight is 408 g/mol. The Bertz CT molecular complexity index is 867. The van der Waals surface area contributed by atoms with Gasteiger partial charge < -0.3 is 21.1 Å². The van der Waals surface area contributed by atoms with Gasteiger partial charge in [0.2, 0.25) is 5.91 Å². The van der Waals surface area contributed by atoms with Gasteiger partial charge in [0.1, 0.15) is 5.76 Å². The van der Waals surface area contributed by atoms with E-state index in [1.54, 1.807) is 24.4 Å². The summed E-state index contributed by atoms with van der Waals surface area (Å²) < 4.78 is 0. The Hall–Kier alpha value is -2.84. The number of halogens is 1. The quantitative estimate of drug-likeness (QED) is 0.529. The molecule has 0 saturated heterocycles. The first kappa shape index (κ1) is 20.5. The molecule has 0 bridgehead atoms. The van der Waals surface area contributed by atoms with Gasteiger partial charge in [-0.1, -0.05) is 24.2 Å². The van der Waals surface area contributed by atoms with Crippen LogP contribution in [-0.2, 0) is 4.79 Å². The third-order valence-electron chi connectivity index (χ3n) is 3.50. The summed E-state index contributed by atoms with van der Waals surface area (Å²) in [6, 6.07) is 7.17. The van der Waals surface area contributed by atoms with E-state index in [9.17, 15) is 19.5 Å². The number of amides is 3. The van der Waals surface area contributed by atoms with Gasteiger partial charge in [-0.2, -0.15) is 0 Å². The van der Waals surface area contributed by atoms with Crippen molar-refractivity contribution in [2.75, 3.05) is 11.9 Å². The monoisotopic (exact) mass is 407 g/mol. The normalized spacial score (nSPS) is 11.3. The molecular formula is C18H18ClN3O4S. The molecule has 0 saturated carbocycles. The number of benzene rings is 1. The van der Waals surface area contributed by atoms with E-state index in [-0.39, 0.29) is 28.8 Å². The maximum absolute atomic E-state index is 12.1. The number of nitrogens with one attached hydrogen (secondary N) is 3. The van der Waals surface area contributed by atoms with Crippen LogP contribution in [0.4, 0.5) is 5.69 Å². The van der Waals surface area contributed by atoms with Crippen molar-refractivity contribution in [3.8, 4) is 0 Å². The Balaban J connectivity index is 1.92. The van der Waals surface area contributed by atoms with E-state index >= 15 is 0 Å². The first-order valence-electron chi connectivity index (χ1n) is 7.87. The lowest BCUT2D eigenvalue weighted by atomic mass is 10.1. The van der Waals surface area contributed by atoms with Crippen LogP contribution in [0.1, 0.15) is 27.0 Å². The summed E-state index contributed by atoms with van der Waals surface area (Å²) >= 11 is 7.38. The third-order valence-corrected chi connectivity index (χ3v) is 4.68. The zero-order valence-corrected chi connectivity index (χ0v) is 16.0. The highest BCUT2D eigenvalue weighted by molar-refractivity contribution is 7.12. The molecule has 0 unspecified atom stereocenters. The lowest BCUT2D eigenvalue weighted by Crippen LogP contribution is -2.34. The van der Waals surface area contributed by atoms with Gasteiger partial charge in [0.25, 0.3) is 11.8 Å². The second kappa shape index (κ2) is 9.20. The number of hydrogen-bond acceptors (Lipinski definition) is 5. The van der Waals surface area contributed by atoms with Crippen molar-refractivity contribution in [2.45, 2.75) is 13.0 Å². The zero-order chi connectivity index (χ0) is 20.0. The molecule has 7 nitrogen and oxygen atoms in total. The van der Waals surface area contributed by atoms with Crippen LogP contribution >= 0.6 is 22.9 Å². The number of aliphatic hydroxyl groups is 1. The van der Waals surface area contributed by atoms with Gasteiger partial charge in [-0.05, 0) is 36.6 Å². The molecule has 1 aromatic carbocycles. The third kappa shape index (κ3) is 5.83. The Morgan fingerprint density at radius 1 is 1.26 bits per heavy atom. The summed E-state index contributed by atoms with van der Waals surface area (Å²) in [6.07, 6.45) is 0. The summed E-state index contributed by atoms with van der Waals surface area (Å²) in [7, 11) is 0. The van der Waals surface area contributed by atoms with Gasteiger partial charge in [-0.15, -0.1) is 11.3 Å². The number of carbonyl (C=O) groups excluding carboxylic acids is 3. The summed E-state index contributed by atoms with van der Waals surface area (Å²) in [6.45, 7) is 4.72. The maximum atomic E-state index is 12.1. The molecule has 2 aromatic rings. The Kier molecular flexibility index (Phi) is 6.98. The van der Waals surface area contributed by atoms with Crippen LogP contribution in [0.5, 0.6) is 0 Å². The molecule has 0 radical (unpaired) electrons. The van der Waals surface area contributed by atoms with Crippen LogP contribution in [-0.4, -0.2) is 35.4 Å². The van der Waals surface area contributed by atoms with Gasteiger partial charge in [-0.3, -0.25) is 14.4 Å². The molecule has 9 heteroatoms. The van der Waals surface area contributed by atoms with Crippen molar-refractivity contribution < 1.29 is 19.5 Å². The van der Waals surface area contributed by atoms with E-state index in [4.69, 9.17) is 11.6 Å². The SMILES string of the molecule is C=C(O)[C@H](C)NC(=O)c1ccc(NC(=O)CNC(=O)c2cccs2)cc1Cl. The highest BCUT2D eigenvalue weighted by Gasteiger charge is 2.15. The average Bonchev–Trinajstić information content (AvgIpc) is 3.14. The van der Waals surface area contributed by atoms with E-state index < -0.39 is 17.9 Å². The molecule has 4 N–H and O–H groups in total. The molecule has 142 valence electrons. The molecule has 3 amide bonds. The molecule has 0 aliphatic rings. The number of anilines is 1.